The average molecular weight is 277 g/mol. The van der Waals surface area contributed by atoms with Crippen LogP contribution in [0.3, 0.4) is 0 Å². The predicted molar refractivity (Wildman–Crippen MR) is 81.0 cm³/mol. The van der Waals surface area contributed by atoms with Gasteiger partial charge in [0.2, 0.25) is 0 Å². The molecule has 0 fully saturated rings. The molecule has 1 amide bonds. The Kier molecular flexibility index (Phi) is 6.66. The highest BCUT2D eigenvalue weighted by molar-refractivity contribution is 5.92. The molecule has 0 bridgehead atoms. The zero-order valence-electron chi connectivity index (χ0n) is 12.4. The summed E-state index contributed by atoms with van der Waals surface area (Å²) in [7, 11) is 4.01. The molecule has 0 atom stereocenters. The number of carbonyl (C=O) groups is 1. The molecule has 0 spiro atoms. The molecule has 1 aromatic rings. The van der Waals surface area contributed by atoms with Crippen molar-refractivity contribution < 1.29 is 4.79 Å². The van der Waals surface area contributed by atoms with E-state index in [0.29, 0.717) is 30.4 Å². The molecule has 6 heteroatoms. The number of aryl methyl sites for hydroxylation is 1. The summed E-state index contributed by atoms with van der Waals surface area (Å²) in [5.74, 6) is 1.03. The lowest BCUT2D eigenvalue weighted by Gasteiger charge is -2.10. The highest BCUT2D eigenvalue weighted by Crippen LogP contribution is 2.06. The smallest absolute Gasteiger partial charge is 0.270 e. The zero-order valence-corrected chi connectivity index (χ0v) is 12.4. The minimum Gasteiger partial charge on any atom is -0.366 e. The molecular formula is C14H23N5O. The number of nitrogens with zero attached hydrogens (tertiary/aromatic N) is 3. The molecule has 0 aliphatic carbocycles. The molecule has 0 saturated heterocycles. The summed E-state index contributed by atoms with van der Waals surface area (Å²) in [5, 5.41) is 5.92. The molecule has 2 N–H and O–H groups in total. The first-order valence-corrected chi connectivity index (χ1v) is 6.66. The van der Waals surface area contributed by atoms with Crippen molar-refractivity contribution >= 4 is 11.7 Å². The van der Waals surface area contributed by atoms with Crippen LogP contribution in [0.15, 0.2) is 18.7 Å². The van der Waals surface area contributed by atoms with Gasteiger partial charge in [0, 0.05) is 19.2 Å². The van der Waals surface area contributed by atoms with Gasteiger partial charge in [0.25, 0.3) is 5.91 Å². The molecule has 110 valence electrons. The van der Waals surface area contributed by atoms with Gasteiger partial charge in [0.15, 0.2) is 0 Å². The fourth-order valence-electron chi connectivity index (χ4n) is 1.64. The number of amides is 1. The van der Waals surface area contributed by atoms with Crippen LogP contribution in [0.4, 0.5) is 5.82 Å². The second-order valence-corrected chi connectivity index (χ2v) is 4.77. The molecule has 0 aliphatic rings. The summed E-state index contributed by atoms with van der Waals surface area (Å²) >= 11 is 0. The van der Waals surface area contributed by atoms with Gasteiger partial charge in [0.1, 0.15) is 17.3 Å². The summed E-state index contributed by atoms with van der Waals surface area (Å²) in [6.45, 7) is 7.57. The summed E-state index contributed by atoms with van der Waals surface area (Å²) < 4.78 is 0. The topological polar surface area (TPSA) is 70.2 Å². The summed E-state index contributed by atoms with van der Waals surface area (Å²) in [4.78, 5) is 22.5. The van der Waals surface area contributed by atoms with Crippen molar-refractivity contribution in [3.05, 3.63) is 30.2 Å². The second-order valence-electron chi connectivity index (χ2n) is 4.77. The predicted octanol–water partition coefficient (Wildman–Crippen LogP) is 1.06. The van der Waals surface area contributed by atoms with Crippen molar-refractivity contribution in [1.82, 2.24) is 20.2 Å². The van der Waals surface area contributed by atoms with Crippen molar-refractivity contribution in [2.24, 2.45) is 0 Å². The van der Waals surface area contributed by atoms with Crippen LogP contribution in [0, 0.1) is 6.92 Å². The molecule has 1 rings (SSSR count). The first-order valence-electron chi connectivity index (χ1n) is 6.66. The number of nitrogens with one attached hydrogen (secondary N) is 2. The van der Waals surface area contributed by atoms with Gasteiger partial charge in [-0.1, -0.05) is 6.08 Å². The number of anilines is 1. The molecule has 1 heterocycles. The van der Waals surface area contributed by atoms with Crippen LogP contribution in [0.5, 0.6) is 0 Å². The SMILES string of the molecule is C=CCNc1cc(C(=O)NCCCN(C)C)nc(C)n1. The molecule has 20 heavy (non-hydrogen) atoms. The van der Waals surface area contributed by atoms with E-state index in [4.69, 9.17) is 0 Å². The molecule has 0 aromatic carbocycles. The first-order chi connectivity index (χ1) is 9.52. The molecule has 0 unspecified atom stereocenters. The zero-order chi connectivity index (χ0) is 15.0. The van der Waals surface area contributed by atoms with Gasteiger partial charge in [-0.05, 0) is 34.0 Å². The van der Waals surface area contributed by atoms with E-state index < -0.39 is 0 Å². The standard InChI is InChI=1S/C14H23N5O/c1-5-7-15-13-10-12(17-11(2)18-13)14(20)16-8-6-9-19(3)4/h5,10H,1,6-9H2,2-4H3,(H,16,20)(H,15,17,18). The lowest BCUT2D eigenvalue weighted by molar-refractivity contribution is 0.0947. The maximum Gasteiger partial charge on any atom is 0.270 e. The maximum absolute atomic E-state index is 12.0. The number of rotatable bonds is 8. The van der Waals surface area contributed by atoms with Crippen LogP contribution >= 0.6 is 0 Å². The normalized spacial score (nSPS) is 10.4. The molecule has 0 saturated carbocycles. The van der Waals surface area contributed by atoms with Crippen LogP contribution < -0.4 is 10.6 Å². The Labute approximate surface area is 120 Å². The highest BCUT2D eigenvalue weighted by atomic mass is 16.1. The van der Waals surface area contributed by atoms with Crippen molar-refractivity contribution in [3.63, 3.8) is 0 Å². The Morgan fingerprint density at radius 2 is 2.20 bits per heavy atom. The minimum absolute atomic E-state index is 0.170. The van der Waals surface area contributed by atoms with E-state index in [0.717, 1.165) is 13.0 Å². The lowest BCUT2D eigenvalue weighted by atomic mass is 10.3. The van der Waals surface area contributed by atoms with E-state index in [1.807, 2.05) is 14.1 Å². The number of hydrogen-bond acceptors (Lipinski definition) is 5. The van der Waals surface area contributed by atoms with E-state index in [1.54, 1.807) is 19.1 Å². The minimum atomic E-state index is -0.170. The van der Waals surface area contributed by atoms with E-state index in [9.17, 15) is 4.79 Å². The number of carbonyl (C=O) groups excluding carboxylic acids is 1. The summed E-state index contributed by atoms with van der Waals surface area (Å²) in [6, 6.07) is 1.65. The molecular weight excluding hydrogens is 254 g/mol. The Hall–Kier alpha value is -1.95. The fraction of sp³-hybridized carbons (Fsp3) is 0.500. The summed E-state index contributed by atoms with van der Waals surface area (Å²) in [6.07, 6.45) is 2.64. The van der Waals surface area contributed by atoms with Gasteiger partial charge in [-0.2, -0.15) is 0 Å². The molecule has 6 nitrogen and oxygen atoms in total. The monoisotopic (exact) mass is 277 g/mol. The average Bonchev–Trinajstić information content (AvgIpc) is 2.40. The Bertz CT molecular complexity index is 459. The van der Waals surface area contributed by atoms with E-state index >= 15 is 0 Å². The molecule has 1 aromatic heterocycles. The first kappa shape index (κ1) is 16.1. The van der Waals surface area contributed by atoms with Crippen molar-refractivity contribution in [3.8, 4) is 0 Å². The Morgan fingerprint density at radius 3 is 2.85 bits per heavy atom. The second kappa shape index (κ2) is 8.27. The lowest BCUT2D eigenvalue weighted by Crippen LogP contribution is -2.28. The summed E-state index contributed by atoms with van der Waals surface area (Å²) in [5.41, 5.74) is 0.383. The van der Waals surface area contributed by atoms with Gasteiger partial charge in [0.05, 0.1) is 0 Å². The van der Waals surface area contributed by atoms with Crippen LogP contribution in [-0.2, 0) is 0 Å². The highest BCUT2D eigenvalue weighted by Gasteiger charge is 2.09. The maximum atomic E-state index is 12.0. The van der Waals surface area contributed by atoms with Crippen LogP contribution in [0.25, 0.3) is 0 Å². The van der Waals surface area contributed by atoms with Gasteiger partial charge in [-0.15, -0.1) is 6.58 Å². The third-order valence-corrected chi connectivity index (χ3v) is 2.57. The third kappa shape index (κ3) is 5.79. The van der Waals surface area contributed by atoms with Gasteiger partial charge in [-0.25, -0.2) is 9.97 Å². The van der Waals surface area contributed by atoms with E-state index in [-0.39, 0.29) is 5.91 Å². The fourth-order valence-corrected chi connectivity index (χ4v) is 1.64. The van der Waals surface area contributed by atoms with Crippen LogP contribution in [-0.4, -0.2) is 54.5 Å². The van der Waals surface area contributed by atoms with E-state index in [2.05, 4.69) is 32.1 Å². The van der Waals surface area contributed by atoms with Crippen molar-refractivity contribution in [1.29, 1.82) is 0 Å². The number of aromatic nitrogens is 2. The van der Waals surface area contributed by atoms with E-state index in [1.165, 1.54) is 0 Å². The quantitative estimate of drug-likeness (QED) is 0.549. The largest absolute Gasteiger partial charge is 0.366 e. The van der Waals surface area contributed by atoms with Gasteiger partial charge >= 0.3 is 0 Å². The number of hydrogen-bond donors (Lipinski definition) is 2. The van der Waals surface area contributed by atoms with Crippen LogP contribution in [0.2, 0.25) is 0 Å². The third-order valence-electron chi connectivity index (χ3n) is 2.57. The van der Waals surface area contributed by atoms with Crippen LogP contribution in [0.1, 0.15) is 22.7 Å². The van der Waals surface area contributed by atoms with Gasteiger partial charge in [-0.3, -0.25) is 4.79 Å². The Morgan fingerprint density at radius 1 is 1.45 bits per heavy atom. The molecule has 0 aliphatic heterocycles. The van der Waals surface area contributed by atoms with Crippen molar-refractivity contribution in [2.45, 2.75) is 13.3 Å². The Balaban J connectivity index is 2.58. The van der Waals surface area contributed by atoms with Crippen molar-refractivity contribution in [2.75, 3.05) is 39.0 Å². The molecule has 0 radical (unpaired) electrons. The van der Waals surface area contributed by atoms with Gasteiger partial charge < -0.3 is 15.5 Å².